The molecule has 4 nitrogen and oxygen atoms in total. The number of amides is 1. The molecular formula is C16H16N2O2. The van der Waals surface area contributed by atoms with Crippen molar-refractivity contribution in [1.82, 2.24) is 9.88 Å². The number of nitrogens with one attached hydrogen (secondary N) is 1. The monoisotopic (exact) mass is 268 g/mol. The van der Waals surface area contributed by atoms with Crippen LogP contribution in [0.4, 0.5) is 0 Å². The number of aromatic amines is 1. The van der Waals surface area contributed by atoms with Gasteiger partial charge in [0.2, 0.25) is 5.56 Å². The fourth-order valence-corrected chi connectivity index (χ4v) is 2.56. The summed E-state index contributed by atoms with van der Waals surface area (Å²) in [5.41, 5.74) is 2.26. The first-order valence-electron chi connectivity index (χ1n) is 6.82. The lowest BCUT2D eigenvalue weighted by Crippen LogP contribution is -2.27. The highest BCUT2D eigenvalue weighted by atomic mass is 16.2. The van der Waals surface area contributed by atoms with Gasteiger partial charge < -0.3 is 9.88 Å². The van der Waals surface area contributed by atoms with Gasteiger partial charge in [-0.05, 0) is 42.2 Å². The third-order valence-corrected chi connectivity index (χ3v) is 3.61. The topological polar surface area (TPSA) is 53.2 Å². The van der Waals surface area contributed by atoms with Crippen molar-refractivity contribution in [2.75, 3.05) is 13.1 Å². The molecule has 1 N–H and O–H groups in total. The molecule has 1 aliphatic rings. The van der Waals surface area contributed by atoms with Gasteiger partial charge in [0, 0.05) is 30.9 Å². The molecule has 0 saturated carbocycles. The molecule has 0 spiro atoms. The summed E-state index contributed by atoms with van der Waals surface area (Å²) in [6, 6.07) is 10.8. The van der Waals surface area contributed by atoms with Crippen LogP contribution in [0.25, 0.3) is 11.1 Å². The van der Waals surface area contributed by atoms with Crippen molar-refractivity contribution in [3.05, 3.63) is 58.5 Å². The van der Waals surface area contributed by atoms with E-state index >= 15 is 0 Å². The molecule has 0 aliphatic carbocycles. The second-order valence-corrected chi connectivity index (χ2v) is 5.02. The summed E-state index contributed by atoms with van der Waals surface area (Å²) in [4.78, 5) is 28.2. The van der Waals surface area contributed by atoms with Crippen LogP contribution >= 0.6 is 0 Å². The van der Waals surface area contributed by atoms with Crippen molar-refractivity contribution < 1.29 is 4.79 Å². The molecule has 0 atom stereocenters. The summed E-state index contributed by atoms with van der Waals surface area (Å²) in [7, 11) is 0. The highest BCUT2D eigenvalue weighted by Gasteiger charge is 2.19. The lowest BCUT2D eigenvalue weighted by molar-refractivity contribution is 0.0793. The number of carbonyl (C=O) groups is 1. The van der Waals surface area contributed by atoms with E-state index in [1.165, 1.54) is 0 Å². The highest BCUT2D eigenvalue weighted by molar-refractivity contribution is 5.95. The van der Waals surface area contributed by atoms with E-state index in [1.54, 1.807) is 12.3 Å². The Hall–Kier alpha value is -2.36. The molecular weight excluding hydrogens is 252 g/mol. The summed E-state index contributed by atoms with van der Waals surface area (Å²) in [5, 5.41) is 0. The molecule has 0 unspecified atom stereocenters. The molecule has 0 bridgehead atoms. The smallest absolute Gasteiger partial charge is 0.253 e. The van der Waals surface area contributed by atoms with Gasteiger partial charge in [-0.15, -0.1) is 0 Å². The Morgan fingerprint density at radius 1 is 1.05 bits per heavy atom. The second kappa shape index (κ2) is 5.33. The Balaban J connectivity index is 1.93. The molecule has 102 valence electrons. The average molecular weight is 268 g/mol. The van der Waals surface area contributed by atoms with Crippen molar-refractivity contribution in [3.8, 4) is 11.1 Å². The fraction of sp³-hybridized carbons (Fsp3) is 0.250. The van der Waals surface area contributed by atoms with E-state index in [0.717, 1.165) is 37.1 Å². The number of hydrogen-bond donors (Lipinski definition) is 1. The van der Waals surface area contributed by atoms with E-state index in [-0.39, 0.29) is 11.5 Å². The average Bonchev–Trinajstić information content (AvgIpc) is 3.01. The Bertz CT molecular complexity index is 685. The summed E-state index contributed by atoms with van der Waals surface area (Å²) >= 11 is 0. The van der Waals surface area contributed by atoms with Crippen molar-refractivity contribution in [2.45, 2.75) is 12.8 Å². The largest absolute Gasteiger partial charge is 0.339 e. The molecule has 1 aliphatic heterocycles. The second-order valence-electron chi connectivity index (χ2n) is 5.02. The predicted octanol–water partition coefficient (Wildman–Crippen LogP) is 2.28. The van der Waals surface area contributed by atoms with Crippen LogP contribution in [0.15, 0.2) is 47.4 Å². The Labute approximate surface area is 117 Å². The van der Waals surface area contributed by atoms with Crippen LogP contribution in [0.2, 0.25) is 0 Å². The number of aromatic nitrogens is 1. The number of benzene rings is 1. The van der Waals surface area contributed by atoms with Crippen LogP contribution in [-0.2, 0) is 0 Å². The summed E-state index contributed by atoms with van der Waals surface area (Å²) in [6.45, 7) is 1.68. The van der Waals surface area contributed by atoms with E-state index in [9.17, 15) is 9.59 Å². The van der Waals surface area contributed by atoms with Gasteiger partial charge in [-0.25, -0.2) is 0 Å². The van der Waals surface area contributed by atoms with Crippen molar-refractivity contribution >= 4 is 5.91 Å². The molecule has 1 aromatic heterocycles. The van der Waals surface area contributed by atoms with Crippen LogP contribution in [-0.4, -0.2) is 28.9 Å². The SMILES string of the molecule is O=C(c1cccc(-c2cc[nH]c(=O)c2)c1)N1CCCC1. The normalized spacial score (nSPS) is 14.5. The maximum atomic E-state index is 12.4. The van der Waals surface area contributed by atoms with E-state index in [1.807, 2.05) is 35.2 Å². The number of pyridine rings is 1. The van der Waals surface area contributed by atoms with Crippen LogP contribution in [0.3, 0.4) is 0 Å². The van der Waals surface area contributed by atoms with E-state index < -0.39 is 0 Å². The van der Waals surface area contributed by atoms with E-state index in [4.69, 9.17) is 0 Å². The quantitative estimate of drug-likeness (QED) is 0.908. The van der Waals surface area contributed by atoms with Crippen LogP contribution in [0, 0.1) is 0 Å². The van der Waals surface area contributed by atoms with Crippen molar-refractivity contribution in [1.29, 1.82) is 0 Å². The Morgan fingerprint density at radius 2 is 1.80 bits per heavy atom. The van der Waals surface area contributed by atoms with Gasteiger partial charge in [-0.1, -0.05) is 12.1 Å². The van der Waals surface area contributed by atoms with Crippen molar-refractivity contribution in [2.24, 2.45) is 0 Å². The zero-order valence-electron chi connectivity index (χ0n) is 11.1. The molecule has 1 saturated heterocycles. The minimum absolute atomic E-state index is 0.0780. The van der Waals surface area contributed by atoms with Gasteiger partial charge in [0.25, 0.3) is 5.91 Å². The first-order chi connectivity index (χ1) is 9.74. The molecule has 20 heavy (non-hydrogen) atoms. The summed E-state index contributed by atoms with van der Waals surface area (Å²) in [6.07, 6.45) is 3.78. The molecule has 0 radical (unpaired) electrons. The van der Waals surface area contributed by atoms with Crippen LogP contribution in [0.5, 0.6) is 0 Å². The summed E-state index contributed by atoms with van der Waals surface area (Å²) < 4.78 is 0. The number of likely N-dealkylation sites (tertiary alicyclic amines) is 1. The summed E-state index contributed by atoms with van der Waals surface area (Å²) in [5.74, 6) is 0.0780. The third-order valence-electron chi connectivity index (χ3n) is 3.61. The van der Waals surface area contributed by atoms with Crippen LogP contribution in [0.1, 0.15) is 23.2 Å². The zero-order valence-corrected chi connectivity index (χ0v) is 11.1. The molecule has 2 heterocycles. The van der Waals surface area contributed by atoms with Gasteiger partial charge in [0.05, 0.1) is 0 Å². The standard InChI is InChI=1S/C16H16N2O2/c19-15-11-13(6-7-17-15)12-4-3-5-14(10-12)16(20)18-8-1-2-9-18/h3-7,10-11H,1-2,8-9H2,(H,17,19). The molecule has 1 aromatic carbocycles. The Morgan fingerprint density at radius 3 is 2.55 bits per heavy atom. The number of carbonyl (C=O) groups excluding carboxylic acids is 1. The van der Waals surface area contributed by atoms with Gasteiger partial charge in [0.1, 0.15) is 0 Å². The highest BCUT2D eigenvalue weighted by Crippen LogP contribution is 2.20. The molecule has 3 rings (SSSR count). The zero-order chi connectivity index (χ0) is 13.9. The van der Waals surface area contributed by atoms with Gasteiger partial charge >= 0.3 is 0 Å². The third kappa shape index (κ3) is 2.50. The molecule has 1 fully saturated rings. The van der Waals surface area contributed by atoms with E-state index in [0.29, 0.717) is 5.56 Å². The first kappa shape index (κ1) is 12.7. The molecule has 1 amide bonds. The lowest BCUT2D eigenvalue weighted by Gasteiger charge is -2.15. The maximum Gasteiger partial charge on any atom is 0.253 e. The number of H-pyrrole nitrogens is 1. The number of nitrogens with zero attached hydrogens (tertiary/aromatic N) is 1. The fourth-order valence-electron chi connectivity index (χ4n) is 2.56. The van der Waals surface area contributed by atoms with E-state index in [2.05, 4.69) is 4.98 Å². The maximum absolute atomic E-state index is 12.4. The van der Waals surface area contributed by atoms with Gasteiger partial charge in [-0.2, -0.15) is 0 Å². The minimum Gasteiger partial charge on any atom is -0.339 e. The lowest BCUT2D eigenvalue weighted by atomic mass is 10.0. The van der Waals surface area contributed by atoms with Gasteiger partial charge in [0.15, 0.2) is 0 Å². The van der Waals surface area contributed by atoms with Crippen LogP contribution < -0.4 is 5.56 Å². The minimum atomic E-state index is -0.140. The molecule has 2 aromatic rings. The predicted molar refractivity (Wildman–Crippen MR) is 77.6 cm³/mol. The Kier molecular flexibility index (Phi) is 3.37. The van der Waals surface area contributed by atoms with Gasteiger partial charge in [-0.3, -0.25) is 9.59 Å². The number of rotatable bonds is 2. The molecule has 4 heteroatoms. The van der Waals surface area contributed by atoms with Crippen molar-refractivity contribution in [3.63, 3.8) is 0 Å². The number of hydrogen-bond acceptors (Lipinski definition) is 2. The first-order valence-corrected chi connectivity index (χ1v) is 6.82.